The van der Waals surface area contributed by atoms with Crippen LogP contribution in [0.3, 0.4) is 0 Å². The Labute approximate surface area is 92.2 Å². The molecule has 1 fully saturated rings. The molecule has 5 nitrogen and oxygen atoms in total. The summed E-state index contributed by atoms with van der Waals surface area (Å²) in [7, 11) is -1.68. The maximum absolute atomic E-state index is 11.7. The minimum atomic E-state index is -3.29. The highest BCUT2D eigenvalue weighted by Crippen LogP contribution is 2.18. The van der Waals surface area contributed by atoms with Crippen molar-refractivity contribution in [3.63, 3.8) is 0 Å². The maximum Gasteiger partial charge on any atom is 0.279 e. The Hall–Kier alpha value is -0.170. The molecule has 3 N–H and O–H groups in total. The van der Waals surface area contributed by atoms with Crippen LogP contribution in [0, 0.1) is 0 Å². The summed E-state index contributed by atoms with van der Waals surface area (Å²) in [5.41, 5.74) is 5.60. The van der Waals surface area contributed by atoms with Crippen LogP contribution in [-0.2, 0) is 10.2 Å². The van der Waals surface area contributed by atoms with Crippen molar-refractivity contribution >= 4 is 10.2 Å². The lowest BCUT2D eigenvalue weighted by atomic mass is 9.89. The van der Waals surface area contributed by atoms with Crippen LogP contribution in [0.5, 0.6) is 0 Å². The Morgan fingerprint density at radius 2 is 2.07 bits per heavy atom. The van der Waals surface area contributed by atoms with Gasteiger partial charge in [0, 0.05) is 25.7 Å². The number of nitrogens with two attached hydrogens (primary N) is 1. The van der Waals surface area contributed by atoms with E-state index in [0.29, 0.717) is 6.54 Å². The molecule has 0 heterocycles. The van der Waals surface area contributed by atoms with Crippen LogP contribution in [0.2, 0.25) is 0 Å². The van der Waals surface area contributed by atoms with Gasteiger partial charge in [0.2, 0.25) is 0 Å². The lowest BCUT2D eigenvalue weighted by Crippen LogP contribution is -2.53. The molecule has 0 aromatic carbocycles. The number of rotatable bonds is 6. The van der Waals surface area contributed by atoms with Gasteiger partial charge in [-0.3, -0.25) is 0 Å². The summed E-state index contributed by atoms with van der Waals surface area (Å²) in [5, 5.41) is 0. The molecule has 0 spiro atoms. The van der Waals surface area contributed by atoms with E-state index in [9.17, 15) is 8.42 Å². The van der Waals surface area contributed by atoms with Gasteiger partial charge in [-0.25, -0.2) is 0 Å². The average Bonchev–Trinajstić information content (AvgIpc) is 2.11. The topological polar surface area (TPSA) is 75.4 Å². The zero-order valence-electron chi connectivity index (χ0n) is 9.44. The fourth-order valence-corrected chi connectivity index (χ4v) is 2.72. The van der Waals surface area contributed by atoms with Gasteiger partial charge in [0.1, 0.15) is 0 Å². The van der Waals surface area contributed by atoms with Crippen molar-refractivity contribution in [2.24, 2.45) is 5.73 Å². The number of unbranched alkanes of at least 4 members (excludes halogenated alkanes) is 1. The van der Waals surface area contributed by atoms with E-state index < -0.39 is 10.2 Å². The molecule has 0 saturated heterocycles. The molecule has 0 radical (unpaired) electrons. The molecule has 1 saturated carbocycles. The van der Waals surface area contributed by atoms with Crippen molar-refractivity contribution in [1.29, 1.82) is 0 Å². The van der Waals surface area contributed by atoms with Crippen LogP contribution in [-0.4, -0.2) is 38.4 Å². The molecular weight excluding hydrogens is 214 g/mol. The number of nitrogens with zero attached hydrogens (tertiary/aromatic N) is 1. The monoisotopic (exact) mass is 235 g/mol. The predicted molar refractivity (Wildman–Crippen MR) is 60.6 cm³/mol. The standard InChI is InChI=1S/C9H21N3O2S/c1-3-4-5-12(2)15(13,14)11-9-6-8(10)7-9/h8-9,11H,3-7,10H2,1-2H3. The summed E-state index contributed by atoms with van der Waals surface area (Å²) >= 11 is 0. The van der Waals surface area contributed by atoms with Crippen molar-refractivity contribution in [1.82, 2.24) is 9.03 Å². The molecule has 0 atom stereocenters. The fourth-order valence-electron chi connectivity index (χ4n) is 1.56. The van der Waals surface area contributed by atoms with Gasteiger partial charge in [-0.2, -0.15) is 17.4 Å². The first kappa shape index (κ1) is 12.9. The van der Waals surface area contributed by atoms with Crippen LogP contribution < -0.4 is 10.5 Å². The van der Waals surface area contributed by atoms with Crippen LogP contribution in [0.4, 0.5) is 0 Å². The maximum atomic E-state index is 11.7. The van der Waals surface area contributed by atoms with Crippen molar-refractivity contribution in [3.05, 3.63) is 0 Å². The predicted octanol–water partition coefficient (Wildman–Crippen LogP) is 0.0424. The van der Waals surface area contributed by atoms with E-state index in [0.717, 1.165) is 25.7 Å². The minimum absolute atomic E-state index is 0.0362. The molecule has 6 heteroatoms. The average molecular weight is 235 g/mol. The van der Waals surface area contributed by atoms with Crippen molar-refractivity contribution in [2.75, 3.05) is 13.6 Å². The molecule has 15 heavy (non-hydrogen) atoms. The fraction of sp³-hybridized carbons (Fsp3) is 1.00. The smallest absolute Gasteiger partial charge is 0.279 e. The molecule has 0 aliphatic heterocycles. The molecule has 1 aliphatic rings. The van der Waals surface area contributed by atoms with Gasteiger partial charge in [0.25, 0.3) is 10.2 Å². The number of hydrogen-bond acceptors (Lipinski definition) is 3. The Morgan fingerprint density at radius 3 is 2.53 bits per heavy atom. The Morgan fingerprint density at radius 1 is 1.47 bits per heavy atom. The highest BCUT2D eigenvalue weighted by molar-refractivity contribution is 7.87. The SMILES string of the molecule is CCCCN(C)S(=O)(=O)NC1CC(N)C1. The summed E-state index contributed by atoms with van der Waals surface area (Å²) in [4.78, 5) is 0. The zero-order chi connectivity index (χ0) is 11.5. The highest BCUT2D eigenvalue weighted by Gasteiger charge is 2.30. The van der Waals surface area contributed by atoms with Gasteiger partial charge in [-0.1, -0.05) is 13.3 Å². The molecule has 0 aromatic rings. The summed E-state index contributed by atoms with van der Waals surface area (Å²) in [5.74, 6) is 0. The molecule has 0 aromatic heterocycles. The Balaban J connectivity index is 2.37. The second kappa shape index (κ2) is 5.25. The normalized spacial score (nSPS) is 26.7. The Bertz CT molecular complexity index is 286. The minimum Gasteiger partial charge on any atom is -0.328 e. The van der Waals surface area contributed by atoms with Gasteiger partial charge < -0.3 is 5.73 Å². The van der Waals surface area contributed by atoms with Gasteiger partial charge in [-0.15, -0.1) is 0 Å². The van der Waals surface area contributed by atoms with Gasteiger partial charge >= 0.3 is 0 Å². The number of nitrogens with one attached hydrogen (secondary N) is 1. The first-order valence-electron chi connectivity index (χ1n) is 5.45. The van der Waals surface area contributed by atoms with Crippen LogP contribution in [0.25, 0.3) is 0 Å². The molecule has 0 amide bonds. The lowest BCUT2D eigenvalue weighted by Gasteiger charge is -2.33. The van der Waals surface area contributed by atoms with Crippen LogP contribution in [0.1, 0.15) is 32.6 Å². The third-order valence-electron chi connectivity index (χ3n) is 2.73. The second-order valence-electron chi connectivity index (χ2n) is 4.23. The van der Waals surface area contributed by atoms with Gasteiger partial charge in [0.05, 0.1) is 0 Å². The highest BCUT2D eigenvalue weighted by atomic mass is 32.2. The van der Waals surface area contributed by atoms with E-state index in [4.69, 9.17) is 5.73 Å². The summed E-state index contributed by atoms with van der Waals surface area (Å²) in [6.07, 6.45) is 3.39. The third-order valence-corrected chi connectivity index (χ3v) is 4.36. The molecule has 0 unspecified atom stereocenters. The van der Waals surface area contributed by atoms with Crippen LogP contribution >= 0.6 is 0 Å². The first-order valence-corrected chi connectivity index (χ1v) is 6.89. The van der Waals surface area contributed by atoms with Crippen molar-refractivity contribution in [3.8, 4) is 0 Å². The lowest BCUT2D eigenvalue weighted by molar-refractivity contribution is 0.318. The molecule has 0 bridgehead atoms. The summed E-state index contributed by atoms with van der Waals surface area (Å²) in [6.45, 7) is 2.61. The van der Waals surface area contributed by atoms with Crippen LogP contribution in [0.15, 0.2) is 0 Å². The zero-order valence-corrected chi connectivity index (χ0v) is 10.3. The van der Waals surface area contributed by atoms with E-state index in [2.05, 4.69) is 4.72 Å². The molecule has 1 rings (SSSR count). The second-order valence-corrected chi connectivity index (χ2v) is 6.04. The number of hydrogen-bond donors (Lipinski definition) is 2. The van der Waals surface area contributed by atoms with E-state index in [1.165, 1.54) is 4.31 Å². The molecule has 90 valence electrons. The van der Waals surface area contributed by atoms with E-state index >= 15 is 0 Å². The Kier molecular flexibility index (Phi) is 4.51. The summed E-state index contributed by atoms with van der Waals surface area (Å²) < 4.78 is 27.5. The largest absolute Gasteiger partial charge is 0.328 e. The van der Waals surface area contributed by atoms with Crippen molar-refractivity contribution < 1.29 is 8.42 Å². The quantitative estimate of drug-likeness (QED) is 0.682. The van der Waals surface area contributed by atoms with E-state index in [1.54, 1.807) is 7.05 Å². The van der Waals surface area contributed by atoms with E-state index in [-0.39, 0.29) is 12.1 Å². The van der Waals surface area contributed by atoms with Crippen molar-refractivity contribution in [2.45, 2.75) is 44.7 Å². The summed E-state index contributed by atoms with van der Waals surface area (Å²) in [6, 6.07) is 0.202. The molecular formula is C9H21N3O2S. The first-order chi connectivity index (χ1) is 6.95. The van der Waals surface area contributed by atoms with Gasteiger partial charge in [0.15, 0.2) is 0 Å². The third kappa shape index (κ3) is 3.71. The molecule has 1 aliphatic carbocycles. The van der Waals surface area contributed by atoms with E-state index in [1.807, 2.05) is 6.92 Å². The van der Waals surface area contributed by atoms with Gasteiger partial charge in [-0.05, 0) is 19.3 Å².